The van der Waals surface area contributed by atoms with E-state index in [2.05, 4.69) is 41.3 Å². The summed E-state index contributed by atoms with van der Waals surface area (Å²) in [7, 11) is 0. The average Bonchev–Trinajstić information content (AvgIpc) is 2.38. The lowest BCUT2D eigenvalue weighted by Crippen LogP contribution is -1.97. The molecular formula is C14H16ClN3S. The zero-order chi connectivity index (χ0) is 13.8. The number of halogens is 1. The fraction of sp³-hybridized carbons (Fsp3) is 0.286. The Morgan fingerprint density at radius 1 is 1.16 bits per heavy atom. The Morgan fingerprint density at radius 3 is 2.42 bits per heavy atom. The molecule has 0 saturated carbocycles. The minimum Gasteiger partial charge on any atom is -0.340 e. The van der Waals surface area contributed by atoms with Crippen LogP contribution in [0.25, 0.3) is 0 Å². The molecule has 0 spiro atoms. The van der Waals surface area contributed by atoms with Gasteiger partial charge in [-0.05, 0) is 29.9 Å². The van der Waals surface area contributed by atoms with Crippen molar-refractivity contribution in [3.05, 3.63) is 41.0 Å². The van der Waals surface area contributed by atoms with Crippen molar-refractivity contribution in [3.63, 3.8) is 0 Å². The van der Waals surface area contributed by atoms with Crippen LogP contribution in [-0.4, -0.2) is 16.2 Å². The smallest absolute Gasteiger partial charge is 0.190 e. The monoisotopic (exact) mass is 293 g/mol. The summed E-state index contributed by atoms with van der Waals surface area (Å²) in [4.78, 5) is 8.47. The Labute approximate surface area is 122 Å². The summed E-state index contributed by atoms with van der Waals surface area (Å²) in [5, 5.41) is 4.34. The largest absolute Gasteiger partial charge is 0.340 e. The van der Waals surface area contributed by atoms with Crippen LogP contribution in [0.5, 0.6) is 0 Å². The van der Waals surface area contributed by atoms with E-state index in [-0.39, 0.29) is 0 Å². The van der Waals surface area contributed by atoms with Crippen molar-refractivity contribution in [2.24, 2.45) is 0 Å². The molecule has 2 rings (SSSR count). The number of hydrogen-bond acceptors (Lipinski definition) is 4. The first kappa shape index (κ1) is 14.2. The molecule has 0 aliphatic heterocycles. The number of nitrogens with one attached hydrogen (secondary N) is 1. The average molecular weight is 294 g/mol. The van der Waals surface area contributed by atoms with E-state index in [4.69, 9.17) is 11.6 Å². The third-order valence-electron chi connectivity index (χ3n) is 2.71. The van der Waals surface area contributed by atoms with Crippen LogP contribution in [0.3, 0.4) is 0 Å². The lowest BCUT2D eigenvalue weighted by Gasteiger charge is -2.09. The molecule has 0 radical (unpaired) electrons. The normalized spacial score (nSPS) is 10.8. The van der Waals surface area contributed by atoms with Crippen molar-refractivity contribution in [3.8, 4) is 0 Å². The van der Waals surface area contributed by atoms with Gasteiger partial charge < -0.3 is 5.32 Å². The standard InChI is InChI=1S/C14H16ClN3S/c1-9(2)10-4-6-11(7-5-10)16-13-8-12(15)17-14(18-13)19-3/h4-9H,1-3H3,(H,16,17,18). The number of thioether (sulfide) groups is 1. The van der Waals surface area contributed by atoms with Gasteiger partial charge in [0.05, 0.1) is 0 Å². The maximum absolute atomic E-state index is 5.96. The van der Waals surface area contributed by atoms with Crippen molar-refractivity contribution in [2.45, 2.75) is 24.9 Å². The number of aromatic nitrogens is 2. The second kappa shape index (κ2) is 6.26. The molecule has 0 bridgehead atoms. The van der Waals surface area contributed by atoms with Crippen LogP contribution in [0.15, 0.2) is 35.5 Å². The van der Waals surface area contributed by atoms with E-state index in [9.17, 15) is 0 Å². The van der Waals surface area contributed by atoms with Gasteiger partial charge in [0.25, 0.3) is 0 Å². The van der Waals surface area contributed by atoms with Crippen molar-refractivity contribution < 1.29 is 0 Å². The summed E-state index contributed by atoms with van der Waals surface area (Å²) >= 11 is 7.42. The van der Waals surface area contributed by atoms with Gasteiger partial charge in [-0.3, -0.25) is 0 Å². The summed E-state index contributed by atoms with van der Waals surface area (Å²) in [5.74, 6) is 1.24. The van der Waals surface area contributed by atoms with Crippen LogP contribution in [0, 0.1) is 0 Å². The first-order valence-electron chi connectivity index (χ1n) is 6.04. The minimum atomic E-state index is 0.445. The first-order valence-corrected chi connectivity index (χ1v) is 7.64. The van der Waals surface area contributed by atoms with Crippen molar-refractivity contribution in [1.29, 1.82) is 0 Å². The lowest BCUT2D eigenvalue weighted by molar-refractivity contribution is 0.867. The summed E-state index contributed by atoms with van der Waals surface area (Å²) in [6, 6.07) is 10.0. The number of anilines is 2. The molecule has 0 aliphatic rings. The third kappa shape index (κ3) is 3.85. The van der Waals surface area contributed by atoms with Gasteiger partial charge >= 0.3 is 0 Å². The molecule has 19 heavy (non-hydrogen) atoms. The molecule has 0 unspecified atom stereocenters. The van der Waals surface area contributed by atoms with E-state index in [1.54, 1.807) is 6.07 Å². The maximum atomic E-state index is 5.96. The Kier molecular flexibility index (Phi) is 4.66. The highest BCUT2D eigenvalue weighted by Gasteiger charge is 2.04. The third-order valence-corrected chi connectivity index (χ3v) is 3.45. The number of nitrogens with zero attached hydrogens (tertiary/aromatic N) is 2. The molecule has 0 fully saturated rings. The van der Waals surface area contributed by atoms with Crippen LogP contribution in [0.4, 0.5) is 11.5 Å². The van der Waals surface area contributed by atoms with Gasteiger partial charge in [-0.1, -0.05) is 49.3 Å². The fourth-order valence-electron chi connectivity index (χ4n) is 1.65. The number of rotatable bonds is 4. The van der Waals surface area contributed by atoms with Crippen LogP contribution in [-0.2, 0) is 0 Å². The SMILES string of the molecule is CSc1nc(Cl)cc(Nc2ccc(C(C)C)cc2)n1. The van der Waals surface area contributed by atoms with Gasteiger partial charge in [0, 0.05) is 11.8 Å². The van der Waals surface area contributed by atoms with E-state index in [1.807, 2.05) is 18.4 Å². The highest BCUT2D eigenvalue weighted by atomic mass is 35.5. The molecule has 0 amide bonds. The van der Waals surface area contributed by atoms with Gasteiger partial charge in [0.15, 0.2) is 5.16 Å². The highest BCUT2D eigenvalue weighted by Crippen LogP contribution is 2.22. The van der Waals surface area contributed by atoms with Gasteiger partial charge in [-0.15, -0.1) is 0 Å². The molecule has 1 aromatic carbocycles. The zero-order valence-corrected chi connectivity index (χ0v) is 12.7. The minimum absolute atomic E-state index is 0.445. The summed E-state index contributed by atoms with van der Waals surface area (Å²) in [6.45, 7) is 4.36. The van der Waals surface area contributed by atoms with Crippen LogP contribution in [0.2, 0.25) is 5.15 Å². The predicted molar refractivity (Wildman–Crippen MR) is 82.6 cm³/mol. The van der Waals surface area contributed by atoms with E-state index < -0.39 is 0 Å². The number of benzene rings is 1. The quantitative estimate of drug-likeness (QED) is 0.503. The molecule has 2 aromatic rings. The summed E-state index contributed by atoms with van der Waals surface area (Å²) in [5.41, 5.74) is 2.31. The van der Waals surface area contributed by atoms with E-state index in [0.29, 0.717) is 22.0 Å². The molecular weight excluding hydrogens is 278 g/mol. The molecule has 5 heteroatoms. The van der Waals surface area contributed by atoms with Gasteiger partial charge in [-0.25, -0.2) is 9.97 Å². The van der Waals surface area contributed by atoms with Gasteiger partial charge in [-0.2, -0.15) is 0 Å². The molecule has 0 atom stereocenters. The van der Waals surface area contributed by atoms with E-state index in [1.165, 1.54) is 17.3 Å². The molecule has 100 valence electrons. The van der Waals surface area contributed by atoms with E-state index in [0.717, 1.165) is 5.69 Å². The maximum Gasteiger partial charge on any atom is 0.190 e. The second-order valence-corrected chi connectivity index (χ2v) is 5.62. The van der Waals surface area contributed by atoms with Crippen molar-refractivity contribution in [1.82, 2.24) is 9.97 Å². The highest BCUT2D eigenvalue weighted by molar-refractivity contribution is 7.98. The van der Waals surface area contributed by atoms with Crippen LogP contribution in [0.1, 0.15) is 25.3 Å². The van der Waals surface area contributed by atoms with Crippen molar-refractivity contribution >= 4 is 34.9 Å². The summed E-state index contributed by atoms with van der Waals surface area (Å²) in [6.07, 6.45) is 1.92. The Bertz CT molecular complexity index is 555. The Morgan fingerprint density at radius 2 is 1.84 bits per heavy atom. The first-order chi connectivity index (χ1) is 9.08. The second-order valence-electron chi connectivity index (χ2n) is 4.46. The molecule has 0 aliphatic carbocycles. The zero-order valence-electron chi connectivity index (χ0n) is 11.1. The summed E-state index contributed by atoms with van der Waals surface area (Å²) < 4.78 is 0. The lowest BCUT2D eigenvalue weighted by atomic mass is 10.0. The Balaban J connectivity index is 2.18. The van der Waals surface area contributed by atoms with Crippen molar-refractivity contribution in [2.75, 3.05) is 11.6 Å². The molecule has 3 nitrogen and oxygen atoms in total. The number of hydrogen-bond donors (Lipinski definition) is 1. The van der Waals surface area contributed by atoms with Crippen LogP contribution < -0.4 is 5.32 Å². The Hall–Kier alpha value is -1.26. The van der Waals surface area contributed by atoms with Gasteiger partial charge in [0.1, 0.15) is 11.0 Å². The van der Waals surface area contributed by atoms with Crippen LogP contribution >= 0.6 is 23.4 Å². The fourth-order valence-corrected chi connectivity index (χ4v) is 2.26. The molecule has 1 N–H and O–H groups in total. The predicted octanol–water partition coefficient (Wildman–Crippen LogP) is 4.72. The molecule has 1 aromatic heterocycles. The molecule has 0 saturated heterocycles. The topological polar surface area (TPSA) is 37.8 Å². The van der Waals surface area contributed by atoms with E-state index >= 15 is 0 Å². The molecule has 1 heterocycles. The van der Waals surface area contributed by atoms with Gasteiger partial charge in [0.2, 0.25) is 0 Å².